The largest absolute Gasteiger partial charge is 0.396 e. The number of halogens is 2. The van der Waals surface area contributed by atoms with Crippen LogP contribution in [0.5, 0.6) is 0 Å². The van der Waals surface area contributed by atoms with Crippen LogP contribution in [0.3, 0.4) is 0 Å². The van der Waals surface area contributed by atoms with Gasteiger partial charge in [0.25, 0.3) is 0 Å². The van der Waals surface area contributed by atoms with Gasteiger partial charge in [-0.25, -0.2) is 0 Å². The molecule has 3 aromatic carbocycles. The van der Waals surface area contributed by atoms with Gasteiger partial charge in [0.1, 0.15) is 18.7 Å². The van der Waals surface area contributed by atoms with Gasteiger partial charge in [-0.15, -0.1) is 11.8 Å². The molecule has 5 N–H and O–H groups in total. The molecule has 0 saturated carbocycles. The minimum atomic E-state index is -0.703. The highest BCUT2D eigenvalue weighted by Gasteiger charge is 2.27. The smallest absolute Gasteiger partial charge is 0.139 e. The predicted octanol–water partition coefficient (Wildman–Crippen LogP) is 4.57. The highest BCUT2D eigenvalue weighted by molar-refractivity contribution is 7.98. The summed E-state index contributed by atoms with van der Waals surface area (Å²) in [6, 6.07) is 20.5. The molecule has 28 heavy (non-hydrogen) atoms. The first-order chi connectivity index (χ1) is 13.5. The maximum absolute atomic E-state index is 10.8. The van der Waals surface area contributed by atoms with Gasteiger partial charge in [0.05, 0.1) is 15.7 Å². The molecule has 0 fully saturated rings. The van der Waals surface area contributed by atoms with Crippen molar-refractivity contribution in [2.24, 2.45) is 0 Å². The van der Waals surface area contributed by atoms with Crippen molar-refractivity contribution in [2.75, 3.05) is 12.3 Å². The number of hydrogen-bond donors (Lipinski definition) is 3. The fourth-order valence-corrected chi connectivity index (χ4v) is 5.23. The van der Waals surface area contributed by atoms with Gasteiger partial charge in [-0.2, -0.15) is 0 Å². The maximum Gasteiger partial charge on any atom is 0.139 e. The Hall–Kier alpha value is -1.69. The van der Waals surface area contributed by atoms with Gasteiger partial charge in [0, 0.05) is 21.8 Å². The van der Waals surface area contributed by atoms with E-state index >= 15 is 0 Å². The van der Waals surface area contributed by atoms with Crippen LogP contribution in [0.1, 0.15) is 34.4 Å². The van der Waals surface area contributed by atoms with Crippen molar-refractivity contribution in [2.45, 2.75) is 22.8 Å². The van der Waals surface area contributed by atoms with Gasteiger partial charge in [-0.1, -0.05) is 65.7 Å². The Bertz CT molecular complexity index is 941. The Labute approximate surface area is 178 Å². The summed E-state index contributed by atoms with van der Waals surface area (Å²) in [6.45, 7) is 0.481. The van der Waals surface area contributed by atoms with Crippen molar-refractivity contribution in [3.05, 3.63) is 93.0 Å². The lowest BCUT2D eigenvalue weighted by molar-refractivity contribution is -0.693. The number of hydrogen-bond acceptors (Lipinski definition) is 3. The number of nitrogens with two attached hydrogens (primary N) is 2. The fourth-order valence-electron chi connectivity index (χ4n) is 3.61. The summed E-state index contributed by atoms with van der Waals surface area (Å²) >= 11 is 14.1. The van der Waals surface area contributed by atoms with E-state index in [2.05, 4.69) is 53.8 Å². The standard InChI is InChI=1S/C22H20Cl2N2OS/c23-17-9-14(10-18(24)21(17)25)19(27)11-26-22-15-6-2-1-5-13(15)12-28-20-8-4-3-7-16(20)22/h1-10,19,22,26-27H,11-12,25H2/p+1/t19-,22+/m1/s1. The van der Waals surface area contributed by atoms with Crippen molar-refractivity contribution >= 4 is 40.7 Å². The molecule has 0 spiro atoms. The van der Waals surface area contributed by atoms with E-state index in [1.54, 1.807) is 12.1 Å². The van der Waals surface area contributed by atoms with Gasteiger partial charge in [0.2, 0.25) is 0 Å². The van der Waals surface area contributed by atoms with E-state index in [1.807, 2.05) is 11.8 Å². The molecule has 2 atom stereocenters. The van der Waals surface area contributed by atoms with E-state index in [0.29, 0.717) is 27.8 Å². The van der Waals surface area contributed by atoms with Crippen molar-refractivity contribution in [3.63, 3.8) is 0 Å². The van der Waals surface area contributed by atoms with Gasteiger partial charge in [-0.05, 0) is 29.3 Å². The van der Waals surface area contributed by atoms with Crippen LogP contribution in [0, 0.1) is 0 Å². The average molecular weight is 432 g/mol. The summed E-state index contributed by atoms with van der Waals surface area (Å²) in [7, 11) is 0. The summed E-state index contributed by atoms with van der Waals surface area (Å²) in [5.74, 6) is 0.948. The summed E-state index contributed by atoms with van der Waals surface area (Å²) < 4.78 is 0. The van der Waals surface area contributed by atoms with E-state index in [-0.39, 0.29) is 6.04 Å². The van der Waals surface area contributed by atoms with Gasteiger partial charge in [0.15, 0.2) is 0 Å². The Kier molecular flexibility index (Phi) is 5.85. The van der Waals surface area contributed by atoms with Crippen molar-refractivity contribution in [1.82, 2.24) is 0 Å². The van der Waals surface area contributed by atoms with Crippen LogP contribution in [-0.2, 0) is 5.75 Å². The van der Waals surface area contributed by atoms with Gasteiger partial charge in [-0.3, -0.25) is 0 Å². The molecular weight excluding hydrogens is 411 g/mol. The third kappa shape index (κ3) is 3.88. The number of thioether (sulfide) groups is 1. The Morgan fingerprint density at radius 1 is 1.04 bits per heavy atom. The SMILES string of the molecule is Nc1c(Cl)cc([C@H](O)C[NH2+][C@H]2c3ccccc3CSc3ccccc32)cc1Cl. The highest BCUT2D eigenvalue weighted by atomic mass is 35.5. The molecule has 1 heterocycles. The van der Waals surface area contributed by atoms with E-state index in [9.17, 15) is 5.11 Å². The lowest BCUT2D eigenvalue weighted by atomic mass is 9.94. The molecule has 4 rings (SSSR count). The van der Waals surface area contributed by atoms with Crippen LogP contribution in [-0.4, -0.2) is 11.7 Å². The molecule has 1 aliphatic rings. The number of benzene rings is 3. The molecule has 144 valence electrons. The number of aliphatic hydroxyl groups excluding tert-OH is 1. The van der Waals surface area contributed by atoms with Crippen LogP contribution in [0.25, 0.3) is 0 Å². The zero-order chi connectivity index (χ0) is 19.7. The molecule has 3 aromatic rings. The minimum absolute atomic E-state index is 0.122. The van der Waals surface area contributed by atoms with E-state index in [0.717, 1.165) is 5.75 Å². The minimum Gasteiger partial charge on any atom is -0.396 e. The molecule has 0 aliphatic carbocycles. The third-order valence-corrected chi connectivity index (χ3v) is 6.87. The lowest BCUT2D eigenvalue weighted by Gasteiger charge is -2.20. The van der Waals surface area contributed by atoms with Crippen molar-refractivity contribution < 1.29 is 10.4 Å². The molecule has 0 amide bonds. The molecule has 0 saturated heterocycles. The van der Waals surface area contributed by atoms with Crippen molar-refractivity contribution in [3.8, 4) is 0 Å². The summed E-state index contributed by atoms with van der Waals surface area (Å²) in [5, 5.41) is 13.7. The van der Waals surface area contributed by atoms with Crippen LogP contribution >= 0.6 is 35.0 Å². The normalized spacial score (nSPS) is 16.8. The zero-order valence-corrected chi connectivity index (χ0v) is 17.4. The van der Waals surface area contributed by atoms with Crippen LogP contribution < -0.4 is 11.1 Å². The van der Waals surface area contributed by atoms with Crippen LogP contribution in [0.2, 0.25) is 10.0 Å². The molecule has 1 aliphatic heterocycles. The summed E-state index contributed by atoms with van der Waals surface area (Å²) in [5.41, 5.74) is 10.7. The predicted molar refractivity (Wildman–Crippen MR) is 117 cm³/mol. The second kappa shape index (κ2) is 8.36. The molecule has 6 heteroatoms. The topological polar surface area (TPSA) is 62.9 Å². The quantitative estimate of drug-likeness (QED) is 0.530. The second-order valence-corrected chi connectivity index (χ2v) is 8.72. The molecule has 3 nitrogen and oxygen atoms in total. The van der Waals surface area contributed by atoms with Crippen molar-refractivity contribution in [1.29, 1.82) is 0 Å². The van der Waals surface area contributed by atoms with Crippen LogP contribution in [0.4, 0.5) is 5.69 Å². The molecular formula is C22H21Cl2N2OS+. The monoisotopic (exact) mass is 431 g/mol. The molecule has 0 bridgehead atoms. The molecule has 0 unspecified atom stereocenters. The molecule has 0 aromatic heterocycles. The lowest BCUT2D eigenvalue weighted by Crippen LogP contribution is -2.86. The maximum atomic E-state index is 10.8. The van der Waals surface area contributed by atoms with E-state index in [1.165, 1.54) is 21.6 Å². The van der Waals surface area contributed by atoms with Gasteiger partial charge >= 0.3 is 0 Å². The average Bonchev–Trinajstić information content (AvgIpc) is 2.87. The zero-order valence-electron chi connectivity index (χ0n) is 15.1. The Morgan fingerprint density at radius 2 is 1.68 bits per heavy atom. The summed E-state index contributed by atoms with van der Waals surface area (Å²) in [6.07, 6.45) is -0.703. The van der Waals surface area contributed by atoms with E-state index < -0.39 is 6.10 Å². The third-order valence-electron chi connectivity index (χ3n) is 5.11. The Morgan fingerprint density at radius 3 is 2.43 bits per heavy atom. The number of quaternary nitrogens is 1. The number of nitrogen functional groups attached to an aromatic ring is 1. The first kappa shape index (κ1) is 19.6. The highest BCUT2D eigenvalue weighted by Crippen LogP contribution is 2.37. The summed E-state index contributed by atoms with van der Waals surface area (Å²) in [4.78, 5) is 1.29. The molecule has 0 radical (unpaired) electrons. The first-order valence-corrected chi connectivity index (χ1v) is 10.8. The van der Waals surface area contributed by atoms with E-state index in [4.69, 9.17) is 28.9 Å². The first-order valence-electron chi connectivity index (χ1n) is 9.10. The van der Waals surface area contributed by atoms with Gasteiger partial charge < -0.3 is 16.2 Å². The number of anilines is 1. The number of aliphatic hydroxyl groups is 1. The van der Waals surface area contributed by atoms with Crippen LogP contribution in [0.15, 0.2) is 65.6 Å². The number of fused-ring (bicyclic) bond motifs is 2. The second-order valence-electron chi connectivity index (χ2n) is 6.89. The number of rotatable bonds is 4. The fraction of sp³-hybridized carbons (Fsp3) is 0.182. The Balaban J connectivity index is 1.62.